The van der Waals surface area contributed by atoms with Gasteiger partial charge in [0.05, 0.1) is 0 Å². The van der Waals surface area contributed by atoms with Crippen molar-refractivity contribution in [2.24, 2.45) is 5.16 Å². The number of aliphatic hydroxyl groups is 1. The SMILES string of the molecule is CC1=C(CCON=CCCO)c2cc(F)ccc2C1=Cc1ccncc1. The fraction of sp³-hybridized carbons (Fsp3) is 0.238. The van der Waals surface area contributed by atoms with Crippen LogP contribution >= 0.6 is 0 Å². The van der Waals surface area contributed by atoms with Crippen LogP contribution in [-0.2, 0) is 4.84 Å². The molecule has 134 valence electrons. The summed E-state index contributed by atoms with van der Waals surface area (Å²) in [5.74, 6) is -0.249. The molecule has 1 aromatic carbocycles. The zero-order chi connectivity index (χ0) is 18.4. The molecule has 26 heavy (non-hydrogen) atoms. The molecule has 3 rings (SSSR count). The molecule has 0 atom stereocenters. The van der Waals surface area contributed by atoms with E-state index in [1.54, 1.807) is 18.5 Å². The molecule has 1 aliphatic rings. The summed E-state index contributed by atoms with van der Waals surface area (Å²) in [6.07, 6.45) is 8.25. The molecule has 1 aromatic heterocycles. The van der Waals surface area contributed by atoms with Crippen molar-refractivity contribution in [2.45, 2.75) is 19.8 Å². The third kappa shape index (κ3) is 4.06. The Kier molecular flexibility index (Phi) is 5.92. The first-order valence-corrected chi connectivity index (χ1v) is 8.57. The molecule has 0 aliphatic heterocycles. The summed E-state index contributed by atoms with van der Waals surface area (Å²) in [6, 6.07) is 8.79. The van der Waals surface area contributed by atoms with Crippen LogP contribution in [0.1, 0.15) is 36.5 Å². The van der Waals surface area contributed by atoms with E-state index in [1.807, 2.05) is 18.2 Å². The Balaban J connectivity index is 1.87. The predicted octanol–water partition coefficient (Wildman–Crippen LogP) is 4.32. The topological polar surface area (TPSA) is 54.7 Å². The average molecular weight is 352 g/mol. The van der Waals surface area contributed by atoms with E-state index in [0.29, 0.717) is 19.4 Å². The fourth-order valence-electron chi connectivity index (χ4n) is 3.07. The van der Waals surface area contributed by atoms with Gasteiger partial charge in [-0.25, -0.2) is 4.39 Å². The zero-order valence-electron chi connectivity index (χ0n) is 14.7. The minimum atomic E-state index is -0.249. The fourth-order valence-corrected chi connectivity index (χ4v) is 3.07. The van der Waals surface area contributed by atoms with Gasteiger partial charge in [0.15, 0.2) is 0 Å². The van der Waals surface area contributed by atoms with Crippen molar-refractivity contribution in [3.05, 3.63) is 70.8 Å². The van der Waals surface area contributed by atoms with Gasteiger partial charge >= 0.3 is 0 Å². The maximum absolute atomic E-state index is 13.8. The van der Waals surface area contributed by atoms with Crippen LogP contribution in [0.25, 0.3) is 17.2 Å². The van der Waals surface area contributed by atoms with Gasteiger partial charge in [-0.15, -0.1) is 0 Å². The van der Waals surface area contributed by atoms with E-state index in [2.05, 4.69) is 23.1 Å². The Labute approximate surface area is 152 Å². The lowest BCUT2D eigenvalue weighted by atomic mass is 10.0. The van der Waals surface area contributed by atoms with Crippen molar-refractivity contribution in [3.8, 4) is 0 Å². The highest BCUT2D eigenvalue weighted by Gasteiger charge is 2.24. The minimum Gasteiger partial charge on any atom is -0.396 e. The molecule has 0 bridgehead atoms. The summed E-state index contributed by atoms with van der Waals surface area (Å²) in [4.78, 5) is 9.29. The molecule has 1 heterocycles. The number of halogens is 1. The molecule has 0 radical (unpaired) electrons. The van der Waals surface area contributed by atoms with Gasteiger partial charge < -0.3 is 9.94 Å². The number of hydrogen-bond donors (Lipinski definition) is 1. The first kappa shape index (κ1) is 18.0. The van der Waals surface area contributed by atoms with Crippen LogP contribution in [0, 0.1) is 5.82 Å². The quantitative estimate of drug-likeness (QED) is 0.459. The third-order valence-electron chi connectivity index (χ3n) is 4.32. The number of allylic oxidation sites excluding steroid dienone is 2. The molecule has 0 spiro atoms. The van der Waals surface area contributed by atoms with Gasteiger partial charge in [0.2, 0.25) is 0 Å². The second kappa shape index (κ2) is 8.54. The summed E-state index contributed by atoms with van der Waals surface area (Å²) in [5, 5.41) is 12.5. The summed E-state index contributed by atoms with van der Waals surface area (Å²) in [7, 11) is 0. The van der Waals surface area contributed by atoms with Crippen LogP contribution in [0.3, 0.4) is 0 Å². The highest BCUT2D eigenvalue weighted by molar-refractivity contribution is 6.05. The molecule has 5 heteroatoms. The molecule has 1 N–H and O–H groups in total. The van der Waals surface area contributed by atoms with E-state index in [-0.39, 0.29) is 12.4 Å². The van der Waals surface area contributed by atoms with Crippen LogP contribution in [0.4, 0.5) is 4.39 Å². The maximum Gasteiger partial charge on any atom is 0.123 e. The molecular formula is C21H21FN2O2. The van der Waals surface area contributed by atoms with Gasteiger partial charge in [-0.05, 0) is 70.7 Å². The van der Waals surface area contributed by atoms with Crippen LogP contribution in [0.15, 0.2) is 53.5 Å². The lowest BCUT2D eigenvalue weighted by Gasteiger charge is -2.05. The number of hydrogen-bond acceptors (Lipinski definition) is 4. The molecule has 0 saturated carbocycles. The number of nitrogens with zero attached hydrogens (tertiary/aromatic N) is 2. The summed E-state index contributed by atoms with van der Waals surface area (Å²) in [5.41, 5.74) is 6.26. The van der Waals surface area contributed by atoms with Crippen LogP contribution in [0.2, 0.25) is 0 Å². The summed E-state index contributed by atoms with van der Waals surface area (Å²) in [6.45, 7) is 2.50. The van der Waals surface area contributed by atoms with Crippen molar-refractivity contribution in [2.75, 3.05) is 13.2 Å². The highest BCUT2D eigenvalue weighted by Crippen LogP contribution is 2.43. The van der Waals surface area contributed by atoms with E-state index >= 15 is 0 Å². The molecule has 0 fully saturated rings. The molecule has 2 aromatic rings. The monoisotopic (exact) mass is 352 g/mol. The zero-order valence-corrected chi connectivity index (χ0v) is 14.7. The van der Waals surface area contributed by atoms with Crippen molar-refractivity contribution in [3.63, 3.8) is 0 Å². The number of pyridine rings is 1. The normalized spacial score (nSPS) is 15.1. The van der Waals surface area contributed by atoms with Gasteiger partial charge in [-0.2, -0.15) is 0 Å². The summed E-state index contributed by atoms with van der Waals surface area (Å²) >= 11 is 0. The Bertz CT molecular complexity index is 858. The third-order valence-corrected chi connectivity index (χ3v) is 4.32. The standard InChI is InChI=1S/C21H21FN2O2/c1-15-18(7-12-26-24-8-2-11-25)21-14-17(22)3-4-19(21)20(15)13-16-5-9-23-10-6-16/h3-6,8-10,13-14,25H,2,7,11-12H2,1H3. The molecule has 0 amide bonds. The van der Waals surface area contributed by atoms with Gasteiger partial charge in [0.1, 0.15) is 12.4 Å². The second-order valence-electron chi connectivity index (χ2n) is 6.02. The lowest BCUT2D eigenvalue weighted by molar-refractivity contribution is 0.151. The summed E-state index contributed by atoms with van der Waals surface area (Å²) < 4.78 is 13.8. The largest absolute Gasteiger partial charge is 0.396 e. The molecule has 0 unspecified atom stereocenters. The number of rotatable bonds is 7. The van der Waals surface area contributed by atoms with E-state index in [9.17, 15) is 4.39 Å². The van der Waals surface area contributed by atoms with Gasteiger partial charge in [0, 0.05) is 38.1 Å². The second-order valence-corrected chi connectivity index (χ2v) is 6.02. The number of oxime groups is 1. The van der Waals surface area contributed by atoms with E-state index in [1.165, 1.54) is 12.3 Å². The van der Waals surface area contributed by atoms with Gasteiger partial charge in [0.25, 0.3) is 0 Å². The Morgan fingerprint density at radius 3 is 2.77 bits per heavy atom. The first-order valence-electron chi connectivity index (χ1n) is 8.57. The molecule has 4 nitrogen and oxygen atoms in total. The van der Waals surface area contributed by atoms with E-state index < -0.39 is 0 Å². The first-order chi connectivity index (χ1) is 12.7. The van der Waals surface area contributed by atoms with Crippen molar-refractivity contribution in [1.82, 2.24) is 4.98 Å². The van der Waals surface area contributed by atoms with E-state index in [0.717, 1.165) is 33.4 Å². The molecule has 0 saturated heterocycles. The van der Waals surface area contributed by atoms with Crippen molar-refractivity contribution < 1.29 is 14.3 Å². The van der Waals surface area contributed by atoms with E-state index in [4.69, 9.17) is 9.94 Å². The minimum absolute atomic E-state index is 0.0485. The predicted molar refractivity (Wildman–Crippen MR) is 102 cm³/mol. The molecule has 1 aliphatic carbocycles. The smallest absolute Gasteiger partial charge is 0.123 e. The number of aromatic nitrogens is 1. The van der Waals surface area contributed by atoms with Gasteiger partial charge in [-0.3, -0.25) is 4.98 Å². The Morgan fingerprint density at radius 2 is 2.00 bits per heavy atom. The highest BCUT2D eigenvalue weighted by atomic mass is 19.1. The molecular weight excluding hydrogens is 331 g/mol. The Morgan fingerprint density at radius 1 is 1.19 bits per heavy atom. The number of fused-ring (bicyclic) bond motifs is 1. The van der Waals surface area contributed by atoms with Crippen LogP contribution in [-0.4, -0.2) is 29.5 Å². The number of aliphatic hydroxyl groups excluding tert-OH is 1. The Hall–Kier alpha value is -2.79. The average Bonchev–Trinajstić information content (AvgIpc) is 2.90. The van der Waals surface area contributed by atoms with Crippen molar-refractivity contribution >= 4 is 23.4 Å². The van der Waals surface area contributed by atoms with Gasteiger partial charge in [-0.1, -0.05) is 11.2 Å². The van der Waals surface area contributed by atoms with Crippen LogP contribution < -0.4 is 0 Å². The number of benzene rings is 1. The van der Waals surface area contributed by atoms with Crippen LogP contribution in [0.5, 0.6) is 0 Å². The maximum atomic E-state index is 13.8. The van der Waals surface area contributed by atoms with Crippen molar-refractivity contribution in [1.29, 1.82) is 0 Å². The lowest BCUT2D eigenvalue weighted by Crippen LogP contribution is -1.93.